The summed E-state index contributed by atoms with van der Waals surface area (Å²) in [6.07, 6.45) is 3.48. The molecule has 2 rings (SSSR count). The summed E-state index contributed by atoms with van der Waals surface area (Å²) in [4.78, 5) is 18.0. The van der Waals surface area contributed by atoms with Crippen molar-refractivity contribution < 1.29 is 14.3 Å². The van der Waals surface area contributed by atoms with Gasteiger partial charge in [-0.15, -0.1) is 11.3 Å². The molecule has 0 aliphatic carbocycles. The Balaban J connectivity index is 2.32. The number of rotatable bonds is 5. The van der Waals surface area contributed by atoms with Gasteiger partial charge in [0.2, 0.25) is 0 Å². The number of hydrogen-bond donors (Lipinski definition) is 1. The van der Waals surface area contributed by atoms with E-state index in [1.165, 1.54) is 25.6 Å². The zero-order valence-corrected chi connectivity index (χ0v) is 12.9. The number of carbonyl (C=O) groups is 1. The number of ether oxygens (including phenoxy) is 2. The van der Waals surface area contributed by atoms with Crippen LogP contribution in [0.4, 0.5) is 10.7 Å². The third kappa shape index (κ3) is 3.08. The van der Waals surface area contributed by atoms with Crippen LogP contribution in [0.15, 0.2) is 24.5 Å². The van der Waals surface area contributed by atoms with Crippen LogP contribution in [-0.2, 0) is 11.3 Å². The lowest BCUT2D eigenvalue weighted by atomic mass is 10.2. The molecule has 0 aromatic carbocycles. The fraction of sp³-hybridized carbons (Fsp3) is 0.286. The van der Waals surface area contributed by atoms with Gasteiger partial charge in [-0.1, -0.05) is 0 Å². The molecule has 0 atom stereocenters. The van der Waals surface area contributed by atoms with Gasteiger partial charge in [-0.25, -0.2) is 4.79 Å². The van der Waals surface area contributed by atoms with Crippen molar-refractivity contribution >= 4 is 28.0 Å². The molecular formula is C14H17N3O3S. The minimum Gasteiger partial charge on any atom is -0.492 e. The third-order valence-corrected chi connectivity index (χ3v) is 4.25. The molecule has 0 fully saturated rings. The lowest BCUT2D eigenvalue weighted by molar-refractivity contribution is 0.0607. The van der Waals surface area contributed by atoms with Gasteiger partial charge in [-0.2, -0.15) is 0 Å². The van der Waals surface area contributed by atoms with E-state index >= 15 is 0 Å². The highest BCUT2D eigenvalue weighted by Crippen LogP contribution is 2.44. The van der Waals surface area contributed by atoms with Gasteiger partial charge in [0, 0.05) is 26.0 Å². The van der Waals surface area contributed by atoms with Crippen LogP contribution in [0.1, 0.15) is 15.2 Å². The molecular weight excluding hydrogens is 290 g/mol. The Hall–Kier alpha value is -2.28. The standard InChI is InChI=1S/C14H17N3O3S/c1-17(8-9-4-6-16-7-5-9)13-11(19-2)10(15)12(21-13)14(18)20-3/h4-7H,8,15H2,1-3H3. The smallest absolute Gasteiger partial charge is 0.350 e. The monoisotopic (exact) mass is 307 g/mol. The summed E-state index contributed by atoms with van der Waals surface area (Å²) in [5.74, 6) is 0.0383. The number of aromatic nitrogens is 1. The van der Waals surface area contributed by atoms with E-state index in [9.17, 15) is 4.79 Å². The van der Waals surface area contributed by atoms with Gasteiger partial charge in [0.25, 0.3) is 0 Å². The van der Waals surface area contributed by atoms with Crippen molar-refractivity contribution in [3.8, 4) is 5.75 Å². The number of hydrogen-bond acceptors (Lipinski definition) is 7. The van der Waals surface area contributed by atoms with E-state index in [-0.39, 0.29) is 0 Å². The van der Waals surface area contributed by atoms with Crippen LogP contribution in [0.25, 0.3) is 0 Å². The summed E-state index contributed by atoms with van der Waals surface area (Å²) < 4.78 is 10.1. The largest absolute Gasteiger partial charge is 0.492 e. The molecule has 2 N–H and O–H groups in total. The van der Waals surface area contributed by atoms with Crippen LogP contribution in [0.3, 0.4) is 0 Å². The number of nitrogens with two attached hydrogens (primary N) is 1. The summed E-state index contributed by atoms with van der Waals surface area (Å²) in [6.45, 7) is 0.652. The number of nitrogens with zero attached hydrogens (tertiary/aromatic N) is 2. The zero-order valence-electron chi connectivity index (χ0n) is 12.1. The number of thiophene rings is 1. The second kappa shape index (κ2) is 6.45. The van der Waals surface area contributed by atoms with Crippen LogP contribution in [0.5, 0.6) is 5.75 Å². The molecule has 0 saturated carbocycles. The maximum absolute atomic E-state index is 11.7. The van der Waals surface area contributed by atoms with Gasteiger partial charge in [0.15, 0.2) is 5.75 Å². The average molecular weight is 307 g/mol. The highest BCUT2D eigenvalue weighted by Gasteiger charge is 2.24. The zero-order chi connectivity index (χ0) is 15.4. The van der Waals surface area contributed by atoms with Crippen molar-refractivity contribution in [2.45, 2.75) is 6.54 Å². The van der Waals surface area contributed by atoms with Crippen molar-refractivity contribution in [2.24, 2.45) is 0 Å². The summed E-state index contributed by atoms with van der Waals surface area (Å²) in [5, 5.41) is 0.784. The van der Waals surface area contributed by atoms with Crippen molar-refractivity contribution in [3.05, 3.63) is 35.0 Å². The topological polar surface area (TPSA) is 77.7 Å². The third-order valence-electron chi connectivity index (χ3n) is 2.97. The molecule has 21 heavy (non-hydrogen) atoms. The summed E-state index contributed by atoms with van der Waals surface area (Å²) in [7, 11) is 4.77. The van der Waals surface area contributed by atoms with Gasteiger partial charge in [-0.3, -0.25) is 4.98 Å². The number of anilines is 2. The van der Waals surface area contributed by atoms with Gasteiger partial charge in [0.1, 0.15) is 15.6 Å². The molecule has 0 spiro atoms. The number of methoxy groups -OCH3 is 2. The summed E-state index contributed by atoms with van der Waals surface area (Å²) in [6, 6.07) is 3.86. The van der Waals surface area contributed by atoms with Crippen molar-refractivity contribution in [1.82, 2.24) is 4.98 Å². The van der Waals surface area contributed by atoms with Crippen molar-refractivity contribution in [1.29, 1.82) is 0 Å². The summed E-state index contributed by atoms with van der Waals surface area (Å²) >= 11 is 1.26. The van der Waals surface area contributed by atoms with E-state index in [0.29, 0.717) is 22.9 Å². The molecule has 2 aromatic heterocycles. The quantitative estimate of drug-likeness (QED) is 0.853. The molecule has 7 heteroatoms. The fourth-order valence-corrected chi connectivity index (χ4v) is 3.01. The van der Waals surface area contributed by atoms with E-state index in [1.54, 1.807) is 12.4 Å². The second-order valence-corrected chi connectivity index (χ2v) is 5.39. The van der Waals surface area contributed by atoms with Crippen LogP contribution in [0, 0.1) is 0 Å². The average Bonchev–Trinajstić information content (AvgIpc) is 2.84. The van der Waals surface area contributed by atoms with Gasteiger partial charge in [-0.05, 0) is 17.7 Å². The lowest BCUT2D eigenvalue weighted by Gasteiger charge is -2.18. The highest BCUT2D eigenvalue weighted by molar-refractivity contribution is 7.19. The fourth-order valence-electron chi connectivity index (χ4n) is 1.94. The van der Waals surface area contributed by atoms with Crippen LogP contribution >= 0.6 is 11.3 Å². The summed E-state index contributed by atoms with van der Waals surface area (Å²) in [5.41, 5.74) is 7.38. The Morgan fingerprint density at radius 2 is 2.05 bits per heavy atom. The molecule has 2 aromatic rings. The van der Waals surface area contributed by atoms with E-state index in [0.717, 1.165) is 10.6 Å². The Morgan fingerprint density at radius 3 is 2.62 bits per heavy atom. The Labute approximate surface area is 127 Å². The normalized spacial score (nSPS) is 10.2. The van der Waals surface area contributed by atoms with Crippen LogP contribution in [-0.4, -0.2) is 32.2 Å². The molecule has 0 saturated heterocycles. The van der Waals surface area contributed by atoms with Crippen molar-refractivity contribution in [2.75, 3.05) is 31.9 Å². The molecule has 0 aliphatic rings. The first-order valence-electron chi connectivity index (χ1n) is 6.23. The van der Waals surface area contributed by atoms with Crippen LogP contribution < -0.4 is 15.4 Å². The number of carbonyl (C=O) groups excluding carboxylic acids is 1. The van der Waals surface area contributed by atoms with E-state index in [2.05, 4.69) is 4.98 Å². The van der Waals surface area contributed by atoms with Gasteiger partial charge < -0.3 is 20.1 Å². The molecule has 0 unspecified atom stereocenters. The van der Waals surface area contributed by atoms with Crippen molar-refractivity contribution in [3.63, 3.8) is 0 Å². The highest BCUT2D eigenvalue weighted by atomic mass is 32.1. The first-order valence-corrected chi connectivity index (χ1v) is 7.04. The maximum Gasteiger partial charge on any atom is 0.350 e. The predicted octanol–water partition coefficient (Wildman–Crippen LogP) is 2.16. The lowest BCUT2D eigenvalue weighted by Crippen LogP contribution is -2.15. The second-order valence-electron chi connectivity index (χ2n) is 4.39. The molecule has 0 radical (unpaired) electrons. The minimum atomic E-state index is -0.459. The van der Waals surface area contributed by atoms with E-state index < -0.39 is 5.97 Å². The molecule has 6 nitrogen and oxygen atoms in total. The molecule has 0 bridgehead atoms. The van der Waals surface area contributed by atoms with Gasteiger partial charge in [0.05, 0.1) is 14.2 Å². The number of pyridine rings is 1. The number of nitrogen functional groups attached to an aromatic ring is 1. The van der Waals surface area contributed by atoms with Gasteiger partial charge >= 0.3 is 5.97 Å². The van der Waals surface area contributed by atoms with Crippen LogP contribution in [0.2, 0.25) is 0 Å². The Kier molecular flexibility index (Phi) is 4.64. The Bertz CT molecular complexity index is 628. The molecule has 112 valence electrons. The predicted molar refractivity (Wildman–Crippen MR) is 83.0 cm³/mol. The number of esters is 1. The van der Waals surface area contributed by atoms with E-state index in [4.69, 9.17) is 15.2 Å². The van der Waals surface area contributed by atoms with E-state index in [1.807, 2.05) is 24.1 Å². The maximum atomic E-state index is 11.7. The molecule has 0 aliphatic heterocycles. The first kappa shape index (κ1) is 15.1. The SMILES string of the molecule is COC(=O)c1sc(N(C)Cc2ccncc2)c(OC)c1N. The first-order chi connectivity index (χ1) is 10.1. The minimum absolute atomic E-state index is 0.311. The Morgan fingerprint density at radius 1 is 1.38 bits per heavy atom. The molecule has 0 amide bonds. The molecule has 2 heterocycles.